The van der Waals surface area contributed by atoms with E-state index in [4.69, 9.17) is 18.9 Å². The van der Waals surface area contributed by atoms with Crippen molar-refractivity contribution < 1.29 is 18.9 Å². The van der Waals surface area contributed by atoms with Crippen LogP contribution in [0, 0.1) is 0 Å². The highest BCUT2D eigenvalue weighted by Crippen LogP contribution is 2.40. The third-order valence-corrected chi connectivity index (χ3v) is 6.43. The second-order valence-corrected chi connectivity index (χ2v) is 8.52. The van der Waals surface area contributed by atoms with Gasteiger partial charge < -0.3 is 23.8 Å². The lowest BCUT2D eigenvalue weighted by molar-refractivity contribution is 0.0718. The quantitative estimate of drug-likeness (QED) is 0.335. The Kier molecular flexibility index (Phi) is 7.65. The van der Waals surface area contributed by atoms with E-state index < -0.39 is 0 Å². The number of nitrogens with one attached hydrogen (secondary N) is 1. The maximum Gasteiger partial charge on any atom is 0.143 e. The second kappa shape index (κ2) is 10.8. The molecule has 3 aromatic rings. The van der Waals surface area contributed by atoms with Gasteiger partial charge in [-0.2, -0.15) is 0 Å². The van der Waals surface area contributed by atoms with Crippen LogP contribution in [0.15, 0.2) is 65.6 Å². The van der Waals surface area contributed by atoms with E-state index in [-0.39, 0.29) is 6.23 Å². The maximum atomic E-state index is 6.02. The molecular weight excluding hydrogens is 436 g/mol. The average Bonchev–Trinajstić information content (AvgIpc) is 2.88. The van der Waals surface area contributed by atoms with Crippen molar-refractivity contribution in [1.82, 2.24) is 5.32 Å². The van der Waals surface area contributed by atoms with E-state index >= 15 is 0 Å². The van der Waals surface area contributed by atoms with E-state index in [1.165, 1.54) is 10.5 Å². The fourth-order valence-electron chi connectivity index (χ4n) is 3.91. The van der Waals surface area contributed by atoms with Crippen molar-refractivity contribution >= 4 is 23.1 Å². The minimum atomic E-state index is -0.244. The first kappa shape index (κ1) is 23.3. The molecule has 7 heteroatoms. The lowest BCUT2D eigenvalue weighted by Crippen LogP contribution is -2.29. The highest BCUT2D eigenvalue weighted by Gasteiger charge is 2.23. The molecule has 1 atom stereocenters. The van der Waals surface area contributed by atoms with Gasteiger partial charge in [0.1, 0.15) is 30.1 Å². The minimum Gasteiger partial charge on any atom is -0.497 e. The van der Waals surface area contributed by atoms with Gasteiger partial charge in [-0.05, 0) is 41.6 Å². The first-order chi connectivity index (χ1) is 16.1. The number of nitrogens with zero attached hydrogens (tertiary/aromatic N) is 1. The van der Waals surface area contributed by atoms with Crippen LogP contribution >= 0.6 is 11.8 Å². The summed E-state index contributed by atoms with van der Waals surface area (Å²) >= 11 is 1.74. The molecule has 0 amide bonds. The first-order valence-electron chi connectivity index (χ1n) is 10.8. The zero-order valence-electron chi connectivity index (χ0n) is 19.5. The fourth-order valence-corrected chi connectivity index (χ4v) is 4.32. The summed E-state index contributed by atoms with van der Waals surface area (Å²) in [6.07, 6.45) is 1.84. The van der Waals surface area contributed by atoms with E-state index in [0.29, 0.717) is 13.2 Å². The summed E-state index contributed by atoms with van der Waals surface area (Å²) in [5.74, 6) is 2.33. The van der Waals surface area contributed by atoms with Gasteiger partial charge in [-0.1, -0.05) is 18.2 Å². The van der Waals surface area contributed by atoms with Gasteiger partial charge in [0.2, 0.25) is 0 Å². The number of hydrogen-bond donors (Lipinski definition) is 1. The van der Waals surface area contributed by atoms with Crippen LogP contribution in [-0.2, 0) is 11.3 Å². The summed E-state index contributed by atoms with van der Waals surface area (Å²) in [6, 6.07) is 20.7. The third-order valence-electron chi connectivity index (χ3n) is 5.68. The Morgan fingerprint density at radius 2 is 1.70 bits per heavy atom. The number of fused-ring (bicyclic) bond motifs is 1. The predicted octanol–water partition coefficient (Wildman–Crippen LogP) is 5.39. The molecule has 6 nitrogen and oxygen atoms in total. The van der Waals surface area contributed by atoms with Crippen LogP contribution in [0.4, 0.5) is 11.4 Å². The number of thioether (sulfide) groups is 1. The summed E-state index contributed by atoms with van der Waals surface area (Å²) in [5.41, 5.74) is 4.23. The van der Waals surface area contributed by atoms with E-state index in [9.17, 15) is 0 Å². The molecule has 174 valence electrons. The number of rotatable bonds is 9. The van der Waals surface area contributed by atoms with E-state index in [0.717, 1.165) is 40.7 Å². The Morgan fingerprint density at radius 1 is 0.970 bits per heavy atom. The van der Waals surface area contributed by atoms with Gasteiger partial charge in [-0.15, -0.1) is 11.8 Å². The van der Waals surface area contributed by atoms with Gasteiger partial charge in [0.25, 0.3) is 0 Å². The van der Waals surface area contributed by atoms with Gasteiger partial charge in [0, 0.05) is 42.4 Å². The molecule has 0 radical (unpaired) electrons. The largest absolute Gasteiger partial charge is 0.497 e. The van der Waals surface area contributed by atoms with Gasteiger partial charge in [0.15, 0.2) is 0 Å². The second-order valence-electron chi connectivity index (χ2n) is 7.64. The smallest absolute Gasteiger partial charge is 0.143 e. The number of anilines is 2. The molecule has 4 rings (SSSR count). The molecule has 0 aromatic heterocycles. The van der Waals surface area contributed by atoms with Crippen LogP contribution in [0.2, 0.25) is 0 Å². The third kappa shape index (κ3) is 5.38. The molecule has 0 bridgehead atoms. The van der Waals surface area contributed by atoms with Gasteiger partial charge in [0.05, 0.1) is 26.5 Å². The molecule has 0 saturated carbocycles. The van der Waals surface area contributed by atoms with E-state index in [1.807, 2.05) is 18.2 Å². The Balaban J connectivity index is 1.54. The molecule has 3 aromatic carbocycles. The van der Waals surface area contributed by atoms with Crippen molar-refractivity contribution in [2.24, 2.45) is 0 Å². The van der Waals surface area contributed by atoms with Gasteiger partial charge in [-0.3, -0.25) is 5.32 Å². The molecule has 33 heavy (non-hydrogen) atoms. The Morgan fingerprint density at radius 3 is 2.33 bits per heavy atom. The van der Waals surface area contributed by atoms with Crippen molar-refractivity contribution in [2.75, 3.05) is 45.6 Å². The molecule has 1 heterocycles. The van der Waals surface area contributed by atoms with E-state index in [1.54, 1.807) is 33.1 Å². The standard InChI is InChI=1S/C26H30N2O4S/c1-29-21-14-20(15-22(16-21)30-2)28-11-12-32-25-13-19(7-10-24(25)28)26(31-3)27-17-18-5-8-23(33-4)9-6-18/h5-10,13-16,26-27H,11-12,17H2,1-4H3. The average molecular weight is 467 g/mol. The molecule has 0 aliphatic carbocycles. The van der Waals surface area contributed by atoms with E-state index in [2.05, 4.69) is 58.9 Å². The highest BCUT2D eigenvalue weighted by molar-refractivity contribution is 7.98. The number of benzene rings is 3. The summed E-state index contributed by atoms with van der Waals surface area (Å²) in [5, 5.41) is 3.49. The summed E-state index contributed by atoms with van der Waals surface area (Å²) in [4.78, 5) is 3.48. The number of ether oxygens (including phenoxy) is 4. The summed E-state index contributed by atoms with van der Waals surface area (Å²) in [6.45, 7) is 2.03. The predicted molar refractivity (Wildman–Crippen MR) is 133 cm³/mol. The van der Waals surface area contributed by atoms with Crippen molar-refractivity contribution in [1.29, 1.82) is 0 Å². The highest BCUT2D eigenvalue weighted by atomic mass is 32.2. The Hall–Kier alpha value is -2.87. The molecule has 1 unspecified atom stereocenters. The zero-order valence-corrected chi connectivity index (χ0v) is 20.3. The molecule has 1 aliphatic rings. The van der Waals surface area contributed by atoms with Crippen LogP contribution in [0.5, 0.6) is 17.2 Å². The van der Waals surface area contributed by atoms with Crippen molar-refractivity contribution in [3.8, 4) is 17.2 Å². The van der Waals surface area contributed by atoms with Gasteiger partial charge in [-0.25, -0.2) is 0 Å². The monoisotopic (exact) mass is 466 g/mol. The summed E-state index contributed by atoms with van der Waals surface area (Å²) in [7, 11) is 5.03. The van der Waals surface area contributed by atoms with Crippen LogP contribution in [0.1, 0.15) is 17.4 Å². The van der Waals surface area contributed by atoms with Crippen LogP contribution in [0.3, 0.4) is 0 Å². The number of methoxy groups -OCH3 is 3. The minimum absolute atomic E-state index is 0.244. The molecular formula is C26H30N2O4S. The van der Waals surface area contributed by atoms with Crippen LogP contribution in [-0.4, -0.2) is 40.7 Å². The van der Waals surface area contributed by atoms with Crippen molar-refractivity contribution in [2.45, 2.75) is 17.7 Å². The zero-order chi connectivity index (χ0) is 23.2. The van der Waals surface area contributed by atoms with Crippen molar-refractivity contribution in [3.05, 3.63) is 71.8 Å². The van der Waals surface area contributed by atoms with Crippen molar-refractivity contribution in [3.63, 3.8) is 0 Å². The van der Waals surface area contributed by atoms with Crippen LogP contribution in [0.25, 0.3) is 0 Å². The molecule has 1 aliphatic heterocycles. The SMILES string of the molecule is COc1cc(OC)cc(N2CCOc3cc(C(NCc4ccc(SC)cc4)OC)ccc32)c1. The van der Waals surface area contributed by atoms with Gasteiger partial charge >= 0.3 is 0 Å². The lowest BCUT2D eigenvalue weighted by Gasteiger charge is -2.32. The normalized spacial score (nSPS) is 13.8. The fraction of sp³-hybridized carbons (Fsp3) is 0.308. The Bertz CT molecular complexity index is 1050. The molecule has 0 fully saturated rings. The first-order valence-corrected chi connectivity index (χ1v) is 12.0. The van der Waals surface area contributed by atoms with Crippen LogP contribution < -0.4 is 24.4 Å². The lowest BCUT2D eigenvalue weighted by atomic mass is 10.1. The number of hydrogen-bond acceptors (Lipinski definition) is 7. The molecule has 0 saturated heterocycles. The Labute approximate surface area is 199 Å². The molecule has 0 spiro atoms. The molecule has 1 N–H and O–H groups in total. The maximum absolute atomic E-state index is 6.02. The summed E-state index contributed by atoms with van der Waals surface area (Å²) < 4.78 is 22.7. The topological polar surface area (TPSA) is 52.2 Å².